The average Bonchev–Trinajstić information content (AvgIpc) is 2.38. The Hall–Kier alpha value is 0.440. The maximum Gasteiger partial charge on any atom is 0.120 e. The zero-order valence-corrected chi connectivity index (χ0v) is 14.6. The summed E-state index contributed by atoms with van der Waals surface area (Å²) in [6.07, 6.45) is 6.98. The molecule has 1 aliphatic rings. The first-order chi connectivity index (χ1) is 9.65. The summed E-state index contributed by atoms with van der Waals surface area (Å²) in [5.41, 5.74) is 0. The molecule has 4 unspecified atom stereocenters. The predicted octanol–water partition coefficient (Wildman–Crippen LogP) is 2.35. The van der Waals surface area contributed by atoms with E-state index in [4.69, 9.17) is 14.0 Å². The molecular formula is C14H31B2O3P. The molecule has 0 amide bonds. The van der Waals surface area contributed by atoms with Crippen LogP contribution in [0.1, 0.15) is 46.0 Å². The zero-order valence-electron chi connectivity index (χ0n) is 13.5. The summed E-state index contributed by atoms with van der Waals surface area (Å²) in [7, 11) is 6.65. The summed E-state index contributed by atoms with van der Waals surface area (Å²) < 4.78 is 16.6. The fourth-order valence-corrected chi connectivity index (χ4v) is 3.52. The van der Waals surface area contributed by atoms with E-state index in [-0.39, 0.29) is 0 Å². The molecule has 0 spiro atoms. The van der Waals surface area contributed by atoms with E-state index in [2.05, 4.69) is 23.3 Å². The third kappa shape index (κ3) is 8.02. The van der Waals surface area contributed by atoms with Gasteiger partial charge in [-0.15, -0.1) is 0 Å². The van der Waals surface area contributed by atoms with Gasteiger partial charge >= 0.3 is 0 Å². The van der Waals surface area contributed by atoms with E-state index >= 15 is 0 Å². The second-order valence-corrected chi connectivity index (χ2v) is 6.73. The first-order valence-corrected chi connectivity index (χ1v) is 8.58. The van der Waals surface area contributed by atoms with E-state index in [9.17, 15) is 0 Å². The number of hydrogen-bond acceptors (Lipinski definition) is 3. The Balaban J connectivity index is 2.46. The SMILES string of the molecule is COCBBC1CCC(COP)CC(OC(C)C)CC1. The molecule has 3 nitrogen and oxygen atoms in total. The first-order valence-electron chi connectivity index (χ1n) is 8.11. The van der Waals surface area contributed by atoms with E-state index in [0.29, 0.717) is 18.1 Å². The summed E-state index contributed by atoms with van der Waals surface area (Å²) in [5, 5.41) is 0. The molecule has 1 rings (SSSR count). The van der Waals surface area contributed by atoms with Crippen molar-refractivity contribution in [3.05, 3.63) is 0 Å². The highest BCUT2D eigenvalue weighted by atomic mass is 31.0. The van der Waals surface area contributed by atoms with Gasteiger partial charge in [0, 0.05) is 23.1 Å². The second kappa shape index (κ2) is 11.1. The highest BCUT2D eigenvalue weighted by Crippen LogP contribution is 2.31. The van der Waals surface area contributed by atoms with Gasteiger partial charge in [-0.2, -0.15) is 0 Å². The third-order valence-corrected chi connectivity index (χ3v) is 4.43. The molecule has 6 heteroatoms. The highest BCUT2D eigenvalue weighted by Gasteiger charge is 2.24. The van der Waals surface area contributed by atoms with Crippen LogP contribution in [-0.4, -0.2) is 46.8 Å². The van der Waals surface area contributed by atoms with E-state index in [1.54, 1.807) is 7.11 Å². The molecule has 116 valence electrons. The molecule has 0 aromatic carbocycles. The van der Waals surface area contributed by atoms with Gasteiger partial charge in [0.05, 0.1) is 26.0 Å². The maximum absolute atomic E-state index is 6.09. The van der Waals surface area contributed by atoms with Crippen molar-refractivity contribution in [2.75, 3.05) is 20.2 Å². The first kappa shape index (κ1) is 18.5. The van der Waals surface area contributed by atoms with Crippen molar-refractivity contribution in [2.24, 2.45) is 5.92 Å². The predicted molar refractivity (Wildman–Crippen MR) is 92.2 cm³/mol. The molecule has 0 saturated heterocycles. The van der Waals surface area contributed by atoms with Crippen molar-refractivity contribution in [2.45, 2.75) is 64.0 Å². The van der Waals surface area contributed by atoms with Gasteiger partial charge < -0.3 is 14.0 Å². The van der Waals surface area contributed by atoms with Gasteiger partial charge in [0.15, 0.2) is 0 Å². The minimum Gasteiger partial charge on any atom is -0.394 e. The van der Waals surface area contributed by atoms with Gasteiger partial charge in [0.25, 0.3) is 0 Å². The summed E-state index contributed by atoms with van der Waals surface area (Å²) in [5.74, 6) is 1.47. The van der Waals surface area contributed by atoms with Crippen LogP contribution in [0.3, 0.4) is 0 Å². The molecule has 0 aromatic rings. The van der Waals surface area contributed by atoms with Gasteiger partial charge in [-0.05, 0) is 39.0 Å². The zero-order chi connectivity index (χ0) is 14.8. The van der Waals surface area contributed by atoms with Gasteiger partial charge in [-0.25, -0.2) is 0 Å². The fraction of sp³-hybridized carbons (Fsp3) is 1.00. The average molecular weight is 300 g/mol. The lowest BCUT2D eigenvalue weighted by atomic mass is 9.33. The smallest absolute Gasteiger partial charge is 0.120 e. The lowest BCUT2D eigenvalue weighted by Gasteiger charge is -2.30. The van der Waals surface area contributed by atoms with E-state index < -0.39 is 0 Å². The van der Waals surface area contributed by atoms with Gasteiger partial charge in [0.1, 0.15) is 7.17 Å². The quantitative estimate of drug-likeness (QED) is 0.391. The lowest BCUT2D eigenvalue weighted by molar-refractivity contribution is -0.0184. The molecule has 0 N–H and O–H groups in total. The summed E-state index contributed by atoms with van der Waals surface area (Å²) in [6, 6.07) is 0. The topological polar surface area (TPSA) is 27.7 Å². The van der Waals surface area contributed by atoms with Crippen LogP contribution in [0, 0.1) is 5.92 Å². The minimum atomic E-state index is 0.323. The molecule has 1 fully saturated rings. The maximum atomic E-state index is 6.09. The normalized spacial score (nSPS) is 27.9. The van der Waals surface area contributed by atoms with Gasteiger partial charge in [-0.3, -0.25) is 0 Å². The van der Waals surface area contributed by atoms with Crippen molar-refractivity contribution in [3.63, 3.8) is 0 Å². The highest BCUT2D eigenvalue weighted by molar-refractivity contribution is 7.09. The van der Waals surface area contributed by atoms with E-state index in [1.807, 2.05) is 0 Å². The largest absolute Gasteiger partial charge is 0.394 e. The monoisotopic (exact) mass is 300 g/mol. The standard InChI is InChI=1S/C14H31B2O3P/c1-11(2)19-14-7-6-13(16-15-10-17-3)5-4-12(8-14)9-18-20/h11-16H,4-10,20H2,1-3H3. The molecule has 0 heterocycles. The van der Waals surface area contributed by atoms with Crippen molar-refractivity contribution in [1.82, 2.24) is 0 Å². The van der Waals surface area contributed by atoms with Crippen LogP contribution < -0.4 is 0 Å². The van der Waals surface area contributed by atoms with Crippen LogP contribution in [0.25, 0.3) is 0 Å². The Kier molecular flexibility index (Phi) is 10.2. The van der Waals surface area contributed by atoms with Crippen LogP contribution in [0.2, 0.25) is 5.82 Å². The third-order valence-electron chi connectivity index (χ3n) is 4.23. The number of ether oxygens (including phenoxy) is 2. The molecule has 1 saturated carbocycles. The van der Waals surface area contributed by atoms with Crippen LogP contribution >= 0.6 is 9.47 Å². The van der Waals surface area contributed by atoms with E-state index in [1.165, 1.54) is 40.0 Å². The molecule has 0 aromatic heterocycles. The number of hydrogen-bond donors (Lipinski definition) is 0. The summed E-state index contributed by atoms with van der Waals surface area (Å²) in [4.78, 5) is 0. The van der Waals surface area contributed by atoms with Crippen LogP contribution in [-0.2, 0) is 14.0 Å². The van der Waals surface area contributed by atoms with Crippen molar-refractivity contribution in [3.8, 4) is 0 Å². The molecule has 0 bridgehead atoms. The van der Waals surface area contributed by atoms with Crippen molar-refractivity contribution in [1.29, 1.82) is 0 Å². The molecule has 0 aliphatic heterocycles. The van der Waals surface area contributed by atoms with Crippen LogP contribution in [0.4, 0.5) is 0 Å². The Bertz CT molecular complexity index is 244. The second-order valence-electron chi connectivity index (χ2n) is 6.40. The summed E-state index contributed by atoms with van der Waals surface area (Å²) >= 11 is 0. The fourth-order valence-electron chi connectivity index (χ4n) is 3.25. The molecule has 20 heavy (non-hydrogen) atoms. The molecule has 0 radical (unpaired) electrons. The van der Waals surface area contributed by atoms with Crippen LogP contribution in [0.15, 0.2) is 0 Å². The van der Waals surface area contributed by atoms with Crippen molar-refractivity contribution < 1.29 is 14.0 Å². The molecule has 1 aliphatic carbocycles. The Morgan fingerprint density at radius 3 is 2.60 bits per heavy atom. The van der Waals surface area contributed by atoms with E-state index in [0.717, 1.165) is 25.4 Å². The Morgan fingerprint density at radius 2 is 1.95 bits per heavy atom. The van der Waals surface area contributed by atoms with Crippen LogP contribution in [0.5, 0.6) is 0 Å². The minimum absolute atomic E-state index is 0.323. The Morgan fingerprint density at radius 1 is 1.20 bits per heavy atom. The number of methoxy groups -OCH3 is 1. The summed E-state index contributed by atoms with van der Waals surface area (Å²) in [6.45, 7) is 6.00. The van der Waals surface area contributed by atoms with Crippen molar-refractivity contribution >= 4 is 23.8 Å². The lowest BCUT2D eigenvalue weighted by Crippen LogP contribution is -2.27. The molecular weight excluding hydrogens is 269 g/mol. The van der Waals surface area contributed by atoms with Gasteiger partial charge in [-0.1, -0.05) is 18.7 Å². The number of rotatable bonds is 8. The molecule has 4 atom stereocenters. The van der Waals surface area contributed by atoms with Gasteiger partial charge in [0.2, 0.25) is 0 Å². The Labute approximate surface area is 128 Å².